The van der Waals surface area contributed by atoms with Crippen molar-refractivity contribution in [3.8, 4) is 0 Å². The van der Waals surface area contributed by atoms with Gasteiger partial charge in [-0.2, -0.15) is 21.6 Å². The molecule has 5 heterocycles. The smallest absolute Gasteiger partial charge is 0.370 e. The zero-order valence-electron chi connectivity index (χ0n) is 25.4. The molecule has 0 aromatic carbocycles. The third-order valence-electron chi connectivity index (χ3n) is 8.93. The second kappa shape index (κ2) is 11.1. The molecule has 3 aliphatic rings. The molecular formula is C29H38F3N7O4S. The third kappa shape index (κ3) is 6.02. The first-order chi connectivity index (χ1) is 20.4. The Kier molecular flexibility index (Phi) is 8.00. The van der Waals surface area contributed by atoms with Crippen LogP contribution in [0.3, 0.4) is 0 Å². The van der Waals surface area contributed by atoms with E-state index in [0.717, 1.165) is 31.6 Å². The van der Waals surface area contributed by atoms with Gasteiger partial charge in [0.1, 0.15) is 17.5 Å². The Morgan fingerprint density at radius 2 is 1.80 bits per heavy atom. The number of amides is 3. The molecule has 2 fully saturated rings. The minimum Gasteiger partial charge on any atom is -0.370 e. The minimum absolute atomic E-state index is 0.00967. The summed E-state index contributed by atoms with van der Waals surface area (Å²) in [4.78, 5) is 40.3. The fourth-order valence-electron chi connectivity index (χ4n) is 6.09. The van der Waals surface area contributed by atoms with Crippen molar-refractivity contribution in [3.05, 3.63) is 35.9 Å². The third-order valence-corrected chi connectivity index (χ3v) is 10.2. The van der Waals surface area contributed by atoms with Crippen LogP contribution in [0, 0.1) is 17.3 Å². The van der Waals surface area contributed by atoms with Crippen molar-refractivity contribution in [2.45, 2.75) is 64.2 Å². The number of anilines is 3. The maximum absolute atomic E-state index is 13.6. The quantitative estimate of drug-likeness (QED) is 0.505. The predicted octanol–water partition coefficient (Wildman–Crippen LogP) is 4.48. The highest BCUT2D eigenvalue weighted by Gasteiger charge is 2.50. The summed E-state index contributed by atoms with van der Waals surface area (Å²) in [5, 5.41) is 2.86. The van der Waals surface area contributed by atoms with E-state index < -0.39 is 45.6 Å². The molecule has 2 unspecified atom stereocenters. The summed E-state index contributed by atoms with van der Waals surface area (Å²) in [5.41, 5.74) is -2.60. The van der Waals surface area contributed by atoms with Gasteiger partial charge in [0.05, 0.1) is 11.0 Å². The number of fused-ring (bicyclic) bond motifs is 6. The Labute approximate surface area is 255 Å². The van der Waals surface area contributed by atoms with E-state index in [0.29, 0.717) is 18.9 Å². The second-order valence-electron chi connectivity index (χ2n) is 13.2. The topological polar surface area (TPSA) is 128 Å². The molecule has 11 nitrogen and oxygen atoms in total. The summed E-state index contributed by atoms with van der Waals surface area (Å²) < 4.78 is 69.2. The fraction of sp³-hybridized carbons (Fsp3) is 0.586. The predicted molar refractivity (Wildman–Crippen MR) is 159 cm³/mol. The molecule has 44 heavy (non-hydrogen) atoms. The Hall–Kier alpha value is -3.62. The van der Waals surface area contributed by atoms with Crippen LogP contribution in [0.4, 0.5) is 35.4 Å². The SMILES string of the molecule is CC1CCNc2cccc(n2)S(=O)(=O)NC(=O)c2ccc(N3CCN(CC(C)(C)C(F)(F)F)C3=O)nc2N2CC1CC2(C)C. The van der Waals surface area contributed by atoms with E-state index in [2.05, 4.69) is 21.9 Å². The van der Waals surface area contributed by atoms with Gasteiger partial charge in [-0.3, -0.25) is 9.69 Å². The van der Waals surface area contributed by atoms with Gasteiger partial charge in [-0.15, -0.1) is 0 Å². The molecule has 2 atom stereocenters. The number of nitrogens with one attached hydrogen (secondary N) is 2. The van der Waals surface area contributed by atoms with E-state index in [1.165, 1.54) is 23.1 Å². The minimum atomic E-state index is -4.50. The molecule has 4 bridgehead atoms. The van der Waals surface area contributed by atoms with Gasteiger partial charge in [-0.05, 0) is 76.6 Å². The number of hydrogen-bond donors (Lipinski definition) is 2. The van der Waals surface area contributed by atoms with Gasteiger partial charge in [0, 0.05) is 38.3 Å². The van der Waals surface area contributed by atoms with Gasteiger partial charge < -0.3 is 15.1 Å². The molecule has 3 aliphatic heterocycles. The van der Waals surface area contributed by atoms with Crippen LogP contribution in [0.15, 0.2) is 35.4 Å². The van der Waals surface area contributed by atoms with Gasteiger partial charge in [-0.25, -0.2) is 19.5 Å². The number of sulfonamides is 1. The number of pyridine rings is 2. The first-order valence-electron chi connectivity index (χ1n) is 14.6. The van der Waals surface area contributed by atoms with Crippen molar-refractivity contribution in [1.29, 1.82) is 0 Å². The Bertz CT molecular complexity index is 1560. The highest BCUT2D eigenvalue weighted by atomic mass is 32.2. The van der Waals surface area contributed by atoms with E-state index in [-0.39, 0.29) is 47.2 Å². The molecular weight excluding hydrogens is 599 g/mol. The summed E-state index contributed by atoms with van der Waals surface area (Å²) in [6, 6.07) is 6.71. The van der Waals surface area contributed by atoms with Gasteiger partial charge in [-0.1, -0.05) is 13.0 Å². The summed E-state index contributed by atoms with van der Waals surface area (Å²) in [7, 11) is -4.36. The van der Waals surface area contributed by atoms with Crippen LogP contribution in [0.25, 0.3) is 0 Å². The summed E-state index contributed by atoms with van der Waals surface area (Å²) in [6.07, 6.45) is -2.93. The molecule has 2 saturated heterocycles. The number of halogens is 3. The molecule has 15 heteroatoms. The van der Waals surface area contributed by atoms with E-state index in [1.807, 2.05) is 18.7 Å². The summed E-state index contributed by atoms with van der Waals surface area (Å²) >= 11 is 0. The Morgan fingerprint density at radius 3 is 2.50 bits per heavy atom. The monoisotopic (exact) mass is 637 g/mol. The molecule has 0 radical (unpaired) electrons. The van der Waals surface area contributed by atoms with Crippen molar-refractivity contribution in [2.24, 2.45) is 17.3 Å². The summed E-state index contributed by atoms with van der Waals surface area (Å²) in [5.74, 6) is 0.310. The zero-order chi connectivity index (χ0) is 32.2. The van der Waals surface area contributed by atoms with Crippen LogP contribution in [0.2, 0.25) is 0 Å². The van der Waals surface area contributed by atoms with Crippen LogP contribution >= 0.6 is 0 Å². The van der Waals surface area contributed by atoms with Crippen LogP contribution < -0.4 is 19.8 Å². The number of hydrogen-bond acceptors (Lipinski definition) is 8. The lowest BCUT2D eigenvalue weighted by Gasteiger charge is -2.34. The van der Waals surface area contributed by atoms with Crippen molar-refractivity contribution in [1.82, 2.24) is 19.6 Å². The number of nitrogens with zero attached hydrogens (tertiary/aromatic N) is 5. The Morgan fingerprint density at radius 1 is 1.07 bits per heavy atom. The van der Waals surface area contributed by atoms with Crippen molar-refractivity contribution >= 4 is 39.4 Å². The van der Waals surface area contributed by atoms with E-state index in [1.54, 1.807) is 12.1 Å². The van der Waals surface area contributed by atoms with Crippen molar-refractivity contribution in [3.63, 3.8) is 0 Å². The van der Waals surface area contributed by atoms with Crippen LogP contribution in [0.1, 0.15) is 57.8 Å². The zero-order valence-corrected chi connectivity index (χ0v) is 26.2. The van der Waals surface area contributed by atoms with Gasteiger partial charge in [0.25, 0.3) is 15.9 Å². The number of carbonyl (C=O) groups excluding carboxylic acids is 2. The summed E-state index contributed by atoms with van der Waals surface area (Å²) in [6.45, 7) is 9.06. The molecule has 0 aliphatic carbocycles. The molecule has 0 saturated carbocycles. The highest BCUT2D eigenvalue weighted by molar-refractivity contribution is 7.90. The highest BCUT2D eigenvalue weighted by Crippen LogP contribution is 2.42. The molecule has 3 amide bonds. The lowest BCUT2D eigenvalue weighted by atomic mass is 9.86. The molecule has 240 valence electrons. The maximum atomic E-state index is 13.6. The normalized spacial score (nSPS) is 23.9. The second-order valence-corrected chi connectivity index (χ2v) is 14.8. The van der Waals surface area contributed by atoms with Crippen LogP contribution in [-0.4, -0.2) is 79.7 Å². The van der Waals surface area contributed by atoms with Crippen molar-refractivity contribution in [2.75, 3.05) is 47.8 Å². The van der Waals surface area contributed by atoms with Crippen LogP contribution in [-0.2, 0) is 10.0 Å². The number of rotatable bonds is 3. The van der Waals surface area contributed by atoms with E-state index >= 15 is 0 Å². The molecule has 2 aromatic rings. The van der Waals surface area contributed by atoms with Gasteiger partial charge in [0.15, 0.2) is 5.03 Å². The van der Waals surface area contributed by atoms with Gasteiger partial charge in [0.2, 0.25) is 0 Å². The van der Waals surface area contributed by atoms with E-state index in [4.69, 9.17) is 4.98 Å². The molecule has 2 aromatic heterocycles. The fourth-order valence-corrected chi connectivity index (χ4v) is 7.02. The number of urea groups is 1. The largest absolute Gasteiger partial charge is 0.395 e. The molecule has 5 rings (SSSR count). The maximum Gasteiger partial charge on any atom is 0.395 e. The standard InChI is InChI=1S/C29H38F3N7O4S/c1-18-11-12-33-21-7-6-8-23(34-21)44(42,43)36-25(40)20-9-10-22(35-24(20)39-16-19(18)15-28(39,4)5)38-14-13-37(26(38)41)17-27(2,3)29(30,31)32/h6-10,18-19H,11-17H2,1-5H3,(H,33,34)(H,36,40). The number of aromatic nitrogens is 2. The lowest BCUT2D eigenvalue weighted by Crippen LogP contribution is -2.45. The van der Waals surface area contributed by atoms with Crippen LogP contribution in [0.5, 0.6) is 0 Å². The van der Waals surface area contributed by atoms with Gasteiger partial charge >= 0.3 is 12.2 Å². The van der Waals surface area contributed by atoms with E-state index in [9.17, 15) is 31.2 Å². The first kappa shape index (κ1) is 31.8. The average molecular weight is 638 g/mol. The number of carbonyl (C=O) groups is 2. The lowest BCUT2D eigenvalue weighted by molar-refractivity contribution is -0.214. The molecule has 0 spiro atoms. The first-order valence-corrected chi connectivity index (χ1v) is 16.1. The number of alkyl halides is 3. The average Bonchev–Trinajstić information content (AvgIpc) is 3.45. The van der Waals surface area contributed by atoms with Crippen molar-refractivity contribution < 1.29 is 31.2 Å². The Balaban J connectivity index is 1.54. The molecule has 2 N–H and O–H groups in total.